The molecule has 1 atom stereocenters. The molecule has 0 fully saturated rings. The number of aromatic nitrogens is 2. The monoisotopic (exact) mass is 351 g/mol. The molecule has 2 aromatic carbocycles. The van der Waals surface area contributed by atoms with Gasteiger partial charge in [-0.2, -0.15) is 0 Å². The van der Waals surface area contributed by atoms with Crippen LogP contribution in [0.3, 0.4) is 0 Å². The highest BCUT2D eigenvalue weighted by atomic mass is 31.1. The van der Waals surface area contributed by atoms with Gasteiger partial charge in [-0.3, -0.25) is 9.65 Å². The van der Waals surface area contributed by atoms with Crippen LogP contribution in [-0.2, 0) is 0 Å². The molecule has 2 aliphatic rings. The van der Waals surface area contributed by atoms with Crippen molar-refractivity contribution < 1.29 is 0 Å². The van der Waals surface area contributed by atoms with Crippen LogP contribution in [0, 0.1) is 0 Å². The lowest BCUT2D eigenvalue weighted by Gasteiger charge is -2.43. The maximum absolute atomic E-state index is 4.80. The van der Waals surface area contributed by atoms with Gasteiger partial charge >= 0.3 is 0 Å². The van der Waals surface area contributed by atoms with Gasteiger partial charge in [0.05, 0.1) is 13.8 Å². The summed E-state index contributed by atoms with van der Waals surface area (Å²) < 4.78 is 2.44. The predicted octanol–water partition coefficient (Wildman–Crippen LogP) is 4.62. The maximum atomic E-state index is 4.80. The molecule has 4 heteroatoms. The quantitative estimate of drug-likeness (QED) is 0.433. The second-order valence-electron chi connectivity index (χ2n) is 6.43. The number of hydrogen-bond donors (Lipinski definition) is 0. The number of anilines is 2. The van der Waals surface area contributed by atoms with Gasteiger partial charge in [0.15, 0.2) is 0 Å². The highest BCUT2D eigenvalue weighted by Crippen LogP contribution is 2.59. The Kier molecular flexibility index (Phi) is 2.85. The smallest absolute Gasteiger partial charge is 0.144 e. The lowest BCUT2D eigenvalue weighted by molar-refractivity contribution is 1.22. The minimum Gasteiger partial charge on any atom is -0.295 e. The fourth-order valence-corrected chi connectivity index (χ4v) is 6.72. The Morgan fingerprint density at radius 3 is 2.15 bits per heavy atom. The normalized spacial score (nSPS) is 16.0. The van der Waals surface area contributed by atoms with Crippen LogP contribution in [0.2, 0.25) is 0 Å². The fraction of sp³-hybridized carbons (Fsp3) is 0. The molecule has 6 rings (SSSR count). The third-order valence-corrected chi connectivity index (χ3v) is 7.56. The average Bonchev–Trinajstić information content (AvgIpc) is 2.73. The van der Waals surface area contributed by atoms with Crippen LogP contribution in [0.25, 0.3) is 22.3 Å². The first kappa shape index (κ1) is 14.2. The van der Waals surface area contributed by atoms with Crippen LogP contribution in [0.15, 0.2) is 85.3 Å². The minimum atomic E-state index is -0.708. The van der Waals surface area contributed by atoms with E-state index in [9.17, 15) is 0 Å². The number of benzene rings is 2. The summed E-state index contributed by atoms with van der Waals surface area (Å²) in [5.41, 5.74) is 6.15. The van der Waals surface area contributed by atoms with E-state index in [0.29, 0.717) is 0 Å². The molecule has 0 amide bonds. The zero-order valence-electron chi connectivity index (χ0n) is 13.9. The van der Waals surface area contributed by atoms with Crippen LogP contribution in [-0.4, -0.2) is 9.97 Å². The highest BCUT2D eigenvalue weighted by Gasteiger charge is 2.39. The van der Waals surface area contributed by atoms with Gasteiger partial charge in [-0.1, -0.05) is 48.5 Å². The van der Waals surface area contributed by atoms with E-state index in [4.69, 9.17) is 4.98 Å². The van der Waals surface area contributed by atoms with Crippen LogP contribution in [0.4, 0.5) is 11.5 Å². The van der Waals surface area contributed by atoms with Crippen LogP contribution < -0.4 is 15.3 Å². The maximum Gasteiger partial charge on any atom is 0.144 e. The first-order chi connectivity index (χ1) is 12.9. The van der Waals surface area contributed by atoms with Gasteiger partial charge in [-0.05, 0) is 29.3 Å². The molecule has 2 aromatic heterocycles. The molecule has 0 N–H and O–H groups in total. The third kappa shape index (κ3) is 1.76. The van der Waals surface area contributed by atoms with Crippen molar-refractivity contribution in [1.29, 1.82) is 0 Å². The number of fused-ring (bicyclic) bond motifs is 11. The van der Waals surface area contributed by atoms with Gasteiger partial charge in [0.25, 0.3) is 0 Å². The van der Waals surface area contributed by atoms with E-state index >= 15 is 0 Å². The molecule has 3 nitrogen and oxygen atoms in total. The van der Waals surface area contributed by atoms with E-state index in [1.54, 1.807) is 0 Å². The summed E-state index contributed by atoms with van der Waals surface area (Å²) in [6.45, 7) is 0. The molecule has 26 heavy (non-hydrogen) atoms. The molecule has 4 aromatic rings. The Balaban J connectivity index is 1.77. The molecule has 122 valence electrons. The zero-order chi connectivity index (χ0) is 17.1. The Labute approximate surface area is 152 Å². The molecule has 0 radical (unpaired) electrons. The van der Waals surface area contributed by atoms with Crippen molar-refractivity contribution in [3.8, 4) is 22.3 Å². The largest absolute Gasteiger partial charge is 0.295 e. The third-order valence-electron chi connectivity index (χ3n) is 5.06. The van der Waals surface area contributed by atoms with E-state index in [-0.39, 0.29) is 0 Å². The number of rotatable bonds is 0. The zero-order valence-corrected chi connectivity index (χ0v) is 14.8. The Morgan fingerprint density at radius 2 is 1.35 bits per heavy atom. The summed E-state index contributed by atoms with van der Waals surface area (Å²) in [6, 6.07) is 23.8. The summed E-state index contributed by atoms with van der Waals surface area (Å²) in [7, 11) is -0.708. The second-order valence-corrected chi connectivity index (χ2v) is 8.41. The summed E-state index contributed by atoms with van der Waals surface area (Å²) in [5.74, 6) is 1.04. The minimum absolute atomic E-state index is 0.708. The molecule has 0 saturated heterocycles. The molecule has 2 aliphatic heterocycles. The SMILES string of the molecule is c1ccc2c(c1)-c1cnccc1N1c3ncccc3-c3ccccc3P21. The van der Waals surface area contributed by atoms with Gasteiger partial charge in [0.2, 0.25) is 0 Å². The predicted molar refractivity (Wildman–Crippen MR) is 108 cm³/mol. The number of nitrogens with zero attached hydrogens (tertiary/aromatic N) is 3. The molecule has 0 saturated carbocycles. The second kappa shape index (κ2) is 5.23. The summed E-state index contributed by atoms with van der Waals surface area (Å²) in [5, 5.41) is 2.75. The van der Waals surface area contributed by atoms with Crippen molar-refractivity contribution in [2.24, 2.45) is 0 Å². The molecule has 1 unspecified atom stereocenters. The summed E-state index contributed by atoms with van der Waals surface area (Å²) in [6.07, 6.45) is 5.75. The van der Waals surface area contributed by atoms with E-state index in [1.807, 2.05) is 24.7 Å². The lowest BCUT2D eigenvalue weighted by Crippen LogP contribution is -2.34. The van der Waals surface area contributed by atoms with Crippen LogP contribution in [0.5, 0.6) is 0 Å². The van der Waals surface area contributed by atoms with E-state index < -0.39 is 8.07 Å². The van der Waals surface area contributed by atoms with Crippen molar-refractivity contribution in [3.05, 3.63) is 85.3 Å². The fourth-order valence-electron chi connectivity index (χ4n) is 3.99. The van der Waals surface area contributed by atoms with Crippen molar-refractivity contribution in [2.75, 3.05) is 4.67 Å². The van der Waals surface area contributed by atoms with Crippen molar-refractivity contribution >= 4 is 30.2 Å². The lowest BCUT2D eigenvalue weighted by atomic mass is 10.0. The molecule has 0 aliphatic carbocycles. The van der Waals surface area contributed by atoms with Gasteiger partial charge in [-0.25, -0.2) is 4.98 Å². The highest BCUT2D eigenvalue weighted by molar-refractivity contribution is 7.75. The Hall–Kier alpha value is -3.03. The van der Waals surface area contributed by atoms with E-state index in [2.05, 4.69) is 70.3 Å². The summed E-state index contributed by atoms with van der Waals surface area (Å²) in [4.78, 5) is 9.19. The van der Waals surface area contributed by atoms with Crippen molar-refractivity contribution in [2.45, 2.75) is 0 Å². The van der Waals surface area contributed by atoms with E-state index in [0.717, 1.165) is 5.82 Å². The van der Waals surface area contributed by atoms with Crippen molar-refractivity contribution in [3.63, 3.8) is 0 Å². The van der Waals surface area contributed by atoms with Gasteiger partial charge < -0.3 is 0 Å². The van der Waals surface area contributed by atoms with Crippen LogP contribution in [0.1, 0.15) is 0 Å². The van der Waals surface area contributed by atoms with Gasteiger partial charge in [0, 0.05) is 40.3 Å². The average molecular weight is 351 g/mol. The summed E-state index contributed by atoms with van der Waals surface area (Å²) >= 11 is 0. The molecule has 0 bridgehead atoms. The Morgan fingerprint density at radius 1 is 0.654 bits per heavy atom. The molecular formula is C22H14N3P. The van der Waals surface area contributed by atoms with Gasteiger partial charge in [-0.15, -0.1) is 0 Å². The first-order valence-corrected chi connectivity index (χ1v) is 9.91. The topological polar surface area (TPSA) is 29.0 Å². The Bertz CT molecular complexity index is 987. The van der Waals surface area contributed by atoms with Crippen molar-refractivity contribution in [1.82, 2.24) is 9.97 Å². The first-order valence-electron chi connectivity index (χ1n) is 8.61. The molecular weight excluding hydrogens is 337 g/mol. The molecule has 4 heterocycles. The number of pyridine rings is 2. The van der Waals surface area contributed by atoms with E-state index in [1.165, 1.54) is 38.6 Å². The van der Waals surface area contributed by atoms with Gasteiger partial charge in [0.1, 0.15) is 5.82 Å². The number of hydrogen-bond acceptors (Lipinski definition) is 3. The molecule has 0 spiro atoms. The van der Waals surface area contributed by atoms with Crippen LogP contribution >= 0.6 is 8.07 Å². The standard InChI is InChI=1S/C22H14N3P/c1-3-9-20-15(6-1)17-8-5-12-24-22(17)25-19-11-13-23-14-18(19)16-7-2-4-10-21(16)26(20)25/h1-14H.